The maximum Gasteiger partial charge on any atom is 0.258 e. The topological polar surface area (TPSA) is 172 Å². The minimum atomic E-state index is -3.84. The van der Waals surface area contributed by atoms with Gasteiger partial charge in [-0.1, -0.05) is 11.2 Å². The Bertz CT molecular complexity index is 1340. The van der Waals surface area contributed by atoms with Crippen LogP contribution in [-0.2, 0) is 14.8 Å². The van der Waals surface area contributed by atoms with Crippen molar-refractivity contribution in [2.24, 2.45) is 0 Å². The zero-order valence-electron chi connectivity index (χ0n) is 19.7. The Hall–Kier alpha value is -3.22. The van der Waals surface area contributed by atoms with Crippen LogP contribution in [0.25, 0.3) is 17.0 Å². The molecule has 12 heteroatoms. The van der Waals surface area contributed by atoms with E-state index in [-0.39, 0.29) is 23.4 Å². The van der Waals surface area contributed by atoms with Crippen molar-refractivity contribution in [1.29, 1.82) is 0 Å². The lowest BCUT2D eigenvalue weighted by Gasteiger charge is -2.29. The summed E-state index contributed by atoms with van der Waals surface area (Å²) in [7, 11) is -3.84. The lowest BCUT2D eigenvalue weighted by molar-refractivity contribution is -0.130. The fourth-order valence-corrected chi connectivity index (χ4v) is 6.37. The highest BCUT2D eigenvalue weighted by Gasteiger charge is 2.34. The molecule has 2 aromatic rings. The lowest BCUT2D eigenvalue weighted by Crippen LogP contribution is -2.46. The Balaban J connectivity index is 1.29. The number of nitrogens with zero attached hydrogens (tertiary/aromatic N) is 3. The van der Waals surface area contributed by atoms with Crippen molar-refractivity contribution in [1.82, 2.24) is 19.8 Å². The third kappa shape index (κ3) is 5.01. The fourth-order valence-electron chi connectivity index (χ4n) is 5.08. The van der Waals surface area contributed by atoms with E-state index < -0.39 is 27.8 Å². The summed E-state index contributed by atoms with van der Waals surface area (Å²) in [6, 6.07) is 4.27. The van der Waals surface area contributed by atoms with Gasteiger partial charge in [0.05, 0.1) is 11.8 Å². The number of aliphatic hydroxyl groups excluding tert-OH is 1. The first kappa shape index (κ1) is 24.5. The molecule has 1 aromatic heterocycles. The number of benzene rings is 1. The predicted molar refractivity (Wildman–Crippen MR) is 132 cm³/mol. The Morgan fingerprint density at radius 3 is 2.75 bits per heavy atom. The normalized spacial score (nSPS) is 21.0. The number of aromatic hydroxyl groups is 1. The summed E-state index contributed by atoms with van der Waals surface area (Å²) in [4.78, 5) is 18.5. The summed E-state index contributed by atoms with van der Waals surface area (Å²) in [5, 5.41) is 23.4. The van der Waals surface area contributed by atoms with Gasteiger partial charge in [0.2, 0.25) is 21.8 Å². The third-order valence-electron chi connectivity index (χ3n) is 6.97. The van der Waals surface area contributed by atoms with E-state index in [1.807, 2.05) is 6.08 Å². The van der Waals surface area contributed by atoms with Gasteiger partial charge in [-0.05, 0) is 67.9 Å². The Labute approximate surface area is 208 Å². The van der Waals surface area contributed by atoms with Gasteiger partial charge in [-0.25, -0.2) is 13.1 Å². The summed E-state index contributed by atoms with van der Waals surface area (Å²) in [6.45, 7) is 0.734. The minimum absolute atomic E-state index is 0.0286. The van der Waals surface area contributed by atoms with Crippen molar-refractivity contribution in [3.63, 3.8) is 0 Å². The van der Waals surface area contributed by atoms with Crippen LogP contribution in [0.4, 0.5) is 5.69 Å². The van der Waals surface area contributed by atoms with E-state index in [0.717, 1.165) is 16.7 Å². The van der Waals surface area contributed by atoms with Crippen molar-refractivity contribution in [3.05, 3.63) is 41.2 Å². The van der Waals surface area contributed by atoms with Gasteiger partial charge in [0.25, 0.3) is 5.89 Å². The summed E-state index contributed by atoms with van der Waals surface area (Å²) in [6.07, 6.45) is 5.18. The molecular formula is C24H29N5O6S. The van der Waals surface area contributed by atoms with E-state index in [1.54, 1.807) is 12.1 Å². The number of phenolic OH excluding ortho intramolecular Hbond substituents is 1. The Morgan fingerprint density at radius 1 is 1.22 bits per heavy atom. The summed E-state index contributed by atoms with van der Waals surface area (Å²) >= 11 is 0. The van der Waals surface area contributed by atoms with E-state index in [4.69, 9.17) is 10.3 Å². The average molecular weight is 516 g/mol. The first-order valence-corrected chi connectivity index (χ1v) is 13.7. The predicted octanol–water partition coefficient (Wildman–Crippen LogP) is 1.56. The maximum atomic E-state index is 12.8. The molecule has 0 bridgehead atoms. The summed E-state index contributed by atoms with van der Waals surface area (Å²) in [5.41, 5.74) is 9.38. The number of hydrogen-bond donors (Lipinski definition) is 4. The minimum Gasteiger partial charge on any atom is -0.506 e. The molecule has 1 saturated heterocycles. The third-order valence-corrected chi connectivity index (χ3v) is 8.24. The molecule has 1 aliphatic heterocycles. The molecule has 1 aromatic carbocycles. The number of phenols is 1. The molecule has 5 rings (SSSR count). The number of aliphatic hydroxyl groups is 1. The van der Waals surface area contributed by atoms with Crippen LogP contribution in [0, 0.1) is 0 Å². The first-order chi connectivity index (χ1) is 17.2. The smallest absolute Gasteiger partial charge is 0.258 e. The standard InChI is InChI=1S/C24H29N5O6S/c25-19-12-14(4-7-21(19)31)24-26-23(27-35-24)18-3-1-2-17-16(18)5-6-20(17)28-36(33,34)13-22(32)29-10-8-15(30)9-11-29/h3-4,7,12,15,20,28,30-31H,1-2,5-6,8-11,13,25H2/t20-/m0/s1. The molecular weight excluding hydrogens is 486 g/mol. The van der Waals surface area contributed by atoms with Crippen LogP contribution in [-0.4, -0.2) is 70.6 Å². The molecule has 1 fully saturated rings. The van der Waals surface area contributed by atoms with Gasteiger partial charge in [-0.2, -0.15) is 4.98 Å². The molecule has 1 amide bonds. The number of sulfonamides is 1. The highest BCUT2D eigenvalue weighted by molar-refractivity contribution is 7.90. The van der Waals surface area contributed by atoms with Crippen LogP contribution in [0.15, 0.2) is 39.9 Å². The number of carbonyl (C=O) groups is 1. The van der Waals surface area contributed by atoms with Gasteiger partial charge in [-0.3, -0.25) is 4.79 Å². The second-order valence-corrected chi connectivity index (χ2v) is 11.2. The largest absolute Gasteiger partial charge is 0.506 e. The highest BCUT2D eigenvalue weighted by atomic mass is 32.2. The molecule has 1 atom stereocenters. The van der Waals surface area contributed by atoms with E-state index in [2.05, 4.69) is 14.9 Å². The Morgan fingerprint density at radius 2 is 2.00 bits per heavy atom. The zero-order chi connectivity index (χ0) is 25.4. The molecule has 11 nitrogen and oxygen atoms in total. The van der Waals surface area contributed by atoms with Crippen LogP contribution in [0.1, 0.15) is 44.3 Å². The van der Waals surface area contributed by atoms with Gasteiger partial charge in [-0.15, -0.1) is 0 Å². The number of aromatic nitrogens is 2. The monoisotopic (exact) mass is 515 g/mol. The molecule has 0 radical (unpaired) electrons. The second-order valence-electron chi connectivity index (χ2n) is 9.44. The van der Waals surface area contributed by atoms with Crippen LogP contribution in [0.5, 0.6) is 5.75 Å². The number of rotatable bonds is 6. The highest BCUT2D eigenvalue weighted by Crippen LogP contribution is 2.42. The van der Waals surface area contributed by atoms with Gasteiger partial charge < -0.3 is 25.4 Å². The number of likely N-dealkylation sites (tertiary alicyclic amines) is 1. The van der Waals surface area contributed by atoms with E-state index in [1.165, 1.54) is 11.0 Å². The van der Waals surface area contributed by atoms with E-state index in [9.17, 15) is 23.4 Å². The number of nitrogens with two attached hydrogens (primary N) is 1. The zero-order valence-corrected chi connectivity index (χ0v) is 20.5. The number of hydrogen-bond acceptors (Lipinski definition) is 9. The number of anilines is 1. The van der Waals surface area contributed by atoms with Crippen molar-refractivity contribution in [2.75, 3.05) is 24.6 Å². The molecule has 36 heavy (non-hydrogen) atoms. The van der Waals surface area contributed by atoms with Gasteiger partial charge in [0.15, 0.2) is 0 Å². The Kier molecular flexibility index (Phi) is 6.58. The quantitative estimate of drug-likeness (QED) is 0.329. The van der Waals surface area contributed by atoms with Gasteiger partial charge in [0.1, 0.15) is 11.5 Å². The average Bonchev–Trinajstić information content (AvgIpc) is 3.48. The molecule has 0 unspecified atom stereocenters. The lowest BCUT2D eigenvalue weighted by atomic mass is 9.91. The molecule has 3 aliphatic rings. The fraction of sp³-hybridized carbons (Fsp3) is 0.458. The number of nitrogen functional groups attached to an aromatic ring is 1. The number of piperidine rings is 1. The molecule has 0 spiro atoms. The molecule has 5 N–H and O–H groups in total. The van der Waals surface area contributed by atoms with Crippen LogP contribution < -0.4 is 10.5 Å². The van der Waals surface area contributed by atoms with Crippen LogP contribution in [0.3, 0.4) is 0 Å². The van der Waals surface area contributed by atoms with E-state index >= 15 is 0 Å². The molecule has 192 valence electrons. The van der Waals surface area contributed by atoms with Crippen molar-refractivity contribution >= 4 is 27.2 Å². The molecule has 2 aliphatic carbocycles. The summed E-state index contributed by atoms with van der Waals surface area (Å²) in [5.74, 6) is -0.396. The van der Waals surface area contributed by atoms with Crippen molar-refractivity contribution < 1.29 is 27.9 Å². The van der Waals surface area contributed by atoms with Crippen molar-refractivity contribution in [2.45, 2.75) is 50.7 Å². The number of allylic oxidation sites excluding steroid dienone is 3. The SMILES string of the molecule is Nc1cc(-c2nc(C3=CCCC4=C3CC[C@@H]4NS(=O)(=O)CC(=O)N3CCC(O)CC3)no2)ccc1O. The molecule has 0 saturated carbocycles. The maximum absolute atomic E-state index is 12.8. The van der Waals surface area contributed by atoms with E-state index in [0.29, 0.717) is 63.0 Å². The van der Waals surface area contributed by atoms with Crippen molar-refractivity contribution in [3.8, 4) is 17.2 Å². The van der Waals surface area contributed by atoms with Crippen LogP contribution in [0.2, 0.25) is 0 Å². The number of carbonyl (C=O) groups excluding carboxylic acids is 1. The molecule has 2 heterocycles. The van der Waals surface area contributed by atoms with Gasteiger partial charge >= 0.3 is 0 Å². The first-order valence-electron chi connectivity index (χ1n) is 12.0. The van der Waals surface area contributed by atoms with Crippen LogP contribution >= 0.6 is 0 Å². The van der Waals surface area contributed by atoms with Gasteiger partial charge in [0, 0.05) is 30.3 Å². The second kappa shape index (κ2) is 9.68. The number of nitrogens with one attached hydrogen (secondary N) is 1. The number of amides is 1. The summed E-state index contributed by atoms with van der Waals surface area (Å²) < 4.78 is 33.8.